The Labute approximate surface area is 224 Å². The fourth-order valence-corrected chi connectivity index (χ4v) is 7.49. The van der Waals surface area contributed by atoms with Gasteiger partial charge in [-0.25, -0.2) is 4.39 Å². The van der Waals surface area contributed by atoms with Gasteiger partial charge in [0.25, 0.3) is 0 Å². The second-order valence-electron chi connectivity index (χ2n) is 12.1. The Hall–Kier alpha value is -1.84. The number of carbonyl (C=O) groups excluding carboxylic acids is 1. The van der Waals surface area contributed by atoms with Crippen molar-refractivity contribution in [2.45, 2.75) is 110 Å². The van der Waals surface area contributed by atoms with Gasteiger partial charge >= 0.3 is 5.97 Å². The Morgan fingerprint density at radius 3 is 2.35 bits per heavy atom. The maximum atomic E-state index is 14.3. The highest BCUT2D eigenvalue weighted by molar-refractivity contribution is 5.75. The van der Waals surface area contributed by atoms with Crippen LogP contribution < -0.4 is 9.47 Å². The molecule has 4 heteroatoms. The van der Waals surface area contributed by atoms with E-state index in [1.165, 1.54) is 82.8 Å². The molecule has 3 aliphatic rings. The molecule has 4 rings (SSSR count). The third-order valence-electron chi connectivity index (χ3n) is 9.69. The van der Waals surface area contributed by atoms with Crippen LogP contribution in [0.15, 0.2) is 30.4 Å². The van der Waals surface area contributed by atoms with E-state index < -0.39 is 5.82 Å². The Kier molecular flexibility index (Phi) is 10.9. The van der Waals surface area contributed by atoms with Crippen LogP contribution in [0, 0.1) is 41.3 Å². The van der Waals surface area contributed by atoms with Gasteiger partial charge in [0.2, 0.25) is 0 Å². The molecule has 3 nitrogen and oxygen atoms in total. The zero-order chi connectivity index (χ0) is 26.0. The molecule has 0 aliphatic heterocycles. The summed E-state index contributed by atoms with van der Waals surface area (Å²) in [6.07, 6.45) is 23.5. The van der Waals surface area contributed by atoms with Gasteiger partial charge in [-0.15, -0.1) is 0 Å². The third-order valence-corrected chi connectivity index (χ3v) is 9.69. The molecule has 4 unspecified atom stereocenters. The van der Waals surface area contributed by atoms with Crippen LogP contribution in [0.1, 0.15) is 110 Å². The summed E-state index contributed by atoms with van der Waals surface area (Å²) in [6, 6.07) is 4.41. The largest absolute Gasteiger partial charge is 0.486 e. The predicted octanol–water partition coefficient (Wildman–Crippen LogP) is 9.30. The van der Waals surface area contributed by atoms with E-state index in [2.05, 4.69) is 6.92 Å². The van der Waals surface area contributed by atoms with Crippen molar-refractivity contribution in [3.63, 3.8) is 0 Å². The van der Waals surface area contributed by atoms with Gasteiger partial charge in [-0.2, -0.15) is 0 Å². The second kappa shape index (κ2) is 14.4. The molecule has 37 heavy (non-hydrogen) atoms. The van der Waals surface area contributed by atoms with Crippen LogP contribution in [0.3, 0.4) is 0 Å². The molecule has 0 aromatic heterocycles. The minimum Gasteiger partial charge on any atom is -0.486 e. The Bertz CT molecular complexity index is 872. The van der Waals surface area contributed by atoms with Crippen LogP contribution in [0.2, 0.25) is 0 Å². The Morgan fingerprint density at radius 2 is 1.62 bits per heavy atom. The number of hydrogen-bond acceptors (Lipinski definition) is 3. The van der Waals surface area contributed by atoms with Crippen molar-refractivity contribution in [3.05, 3.63) is 36.2 Å². The molecule has 0 heterocycles. The van der Waals surface area contributed by atoms with Crippen molar-refractivity contribution in [2.75, 3.05) is 6.61 Å². The normalized spacial score (nSPS) is 30.1. The van der Waals surface area contributed by atoms with Crippen molar-refractivity contribution in [1.29, 1.82) is 0 Å². The van der Waals surface area contributed by atoms with E-state index in [1.54, 1.807) is 6.07 Å². The number of hydrogen-bond donors (Lipinski definition) is 0. The van der Waals surface area contributed by atoms with Crippen LogP contribution in [0.5, 0.6) is 11.5 Å². The summed E-state index contributed by atoms with van der Waals surface area (Å²) in [7, 11) is 0. The van der Waals surface area contributed by atoms with E-state index in [1.807, 2.05) is 19.1 Å². The van der Waals surface area contributed by atoms with E-state index >= 15 is 0 Å². The van der Waals surface area contributed by atoms with Gasteiger partial charge in [-0.1, -0.05) is 57.6 Å². The van der Waals surface area contributed by atoms with Gasteiger partial charge in [0.15, 0.2) is 11.6 Å². The maximum absolute atomic E-state index is 14.3. The maximum Gasteiger partial charge on any atom is 0.314 e. The highest BCUT2D eigenvalue weighted by Gasteiger charge is 2.39. The fraction of sp³-hybridized carbons (Fsp3) is 0.727. The molecule has 4 atom stereocenters. The zero-order valence-electron chi connectivity index (χ0n) is 23.3. The molecule has 0 spiro atoms. The first-order valence-electron chi connectivity index (χ1n) is 15.3. The number of fused-ring (bicyclic) bond motifs is 1. The highest BCUT2D eigenvalue weighted by atomic mass is 19.1. The van der Waals surface area contributed by atoms with Crippen LogP contribution in [0.25, 0.3) is 0 Å². The predicted molar refractivity (Wildman–Crippen MR) is 148 cm³/mol. The molecule has 3 aliphatic carbocycles. The summed E-state index contributed by atoms with van der Waals surface area (Å²) in [5.74, 6) is 4.21. The topological polar surface area (TPSA) is 35.5 Å². The Morgan fingerprint density at radius 1 is 0.919 bits per heavy atom. The first-order valence-corrected chi connectivity index (χ1v) is 15.3. The molecule has 0 saturated heterocycles. The third kappa shape index (κ3) is 8.07. The van der Waals surface area contributed by atoms with Gasteiger partial charge in [-0.3, -0.25) is 4.79 Å². The smallest absolute Gasteiger partial charge is 0.314 e. The van der Waals surface area contributed by atoms with E-state index in [4.69, 9.17) is 9.47 Å². The minimum atomic E-state index is -0.500. The lowest BCUT2D eigenvalue weighted by Gasteiger charge is -2.45. The number of allylic oxidation sites excluding steroid dienone is 1. The molecule has 3 saturated carbocycles. The van der Waals surface area contributed by atoms with Crippen LogP contribution in [0.4, 0.5) is 4.39 Å². The molecule has 0 N–H and O–H groups in total. The molecule has 0 amide bonds. The lowest BCUT2D eigenvalue weighted by molar-refractivity contribution is -0.140. The van der Waals surface area contributed by atoms with Gasteiger partial charge in [-0.05, 0) is 106 Å². The summed E-state index contributed by atoms with van der Waals surface area (Å²) >= 11 is 0. The first kappa shape index (κ1) is 28.2. The summed E-state index contributed by atoms with van der Waals surface area (Å²) in [6.45, 7) is 4.51. The SMILES string of the molecule is C/C=C/COc1ccc(OC(=O)C2CCC(C3CCC4CC(CCCCCC)CCC4C3)CC2)cc1F. The lowest BCUT2D eigenvalue weighted by Crippen LogP contribution is -2.35. The fourth-order valence-electron chi connectivity index (χ4n) is 7.49. The number of ether oxygens (including phenoxy) is 2. The highest BCUT2D eigenvalue weighted by Crippen LogP contribution is 2.49. The Balaban J connectivity index is 1.18. The van der Waals surface area contributed by atoms with Crippen LogP contribution >= 0.6 is 0 Å². The average Bonchev–Trinajstić information content (AvgIpc) is 2.92. The van der Waals surface area contributed by atoms with Gasteiger partial charge < -0.3 is 9.47 Å². The monoisotopic (exact) mass is 512 g/mol. The molecule has 206 valence electrons. The minimum absolute atomic E-state index is 0.0654. The van der Waals surface area contributed by atoms with E-state index in [0.717, 1.165) is 55.3 Å². The standard InChI is InChI=1S/C33H49FO3/c1-3-5-7-8-9-24-10-11-29-22-28(17-16-27(29)21-24)25-12-14-26(15-13-25)33(35)37-30-18-19-32(31(34)23-30)36-20-6-4-2/h4,6,18-19,23-29H,3,5,7-17,20-22H2,1-2H3/b6-4+. The van der Waals surface area contributed by atoms with E-state index in [-0.39, 0.29) is 23.4 Å². The van der Waals surface area contributed by atoms with Crippen molar-refractivity contribution in [1.82, 2.24) is 0 Å². The molecule has 1 aromatic rings. The van der Waals surface area contributed by atoms with Crippen molar-refractivity contribution in [2.24, 2.45) is 35.5 Å². The summed E-state index contributed by atoms with van der Waals surface area (Å²) in [5, 5.41) is 0. The summed E-state index contributed by atoms with van der Waals surface area (Å²) < 4.78 is 25.3. The zero-order valence-corrected chi connectivity index (χ0v) is 23.3. The molecule has 0 bridgehead atoms. The van der Waals surface area contributed by atoms with Crippen molar-refractivity contribution in [3.8, 4) is 11.5 Å². The molecule has 1 aromatic carbocycles. The average molecular weight is 513 g/mol. The van der Waals surface area contributed by atoms with Crippen LogP contribution in [-0.4, -0.2) is 12.6 Å². The van der Waals surface area contributed by atoms with Gasteiger partial charge in [0, 0.05) is 6.07 Å². The quantitative estimate of drug-likeness (QED) is 0.128. The number of rotatable bonds is 11. The number of esters is 1. The molecular weight excluding hydrogens is 463 g/mol. The number of carbonyl (C=O) groups is 1. The van der Waals surface area contributed by atoms with Crippen LogP contribution in [-0.2, 0) is 4.79 Å². The van der Waals surface area contributed by atoms with Gasteiger partial charge in [0.05, 0.1) is 5.92 Å². The van der Waals surface area contributed by atoms with E-state index in [0.29, 0.717) is 6.61 Å². The molecule has 3 fully saturated rings. The van der Waals surface area contributed by atoms with Crippen molar-refractivity contribution >= 4 is 5.97 Å². The molecule has 0 radical (unpaired) electrons. The second-order valence-corrected chi connectivity index (χ2v) is 12.1. The summed E-state index contributed by atoms with van der Waals surface area (Å²) in [4.78, 5) is 12.8. The molecular formula is C33H49FO3. The summed E-state index contributed by atoms with van der Waals surface area (Å²) in [5.41, 5.74) is 0. The van der Waals surface area contributed by atoms with Crippen molar-refractivity contribution < 1.29 is 18.7 Å². The van der Waals surface area contributed by atoms with Gasteiger partial charge in [0.1, 0.15) is 12.4 Å². The number of halogens is 1. The lowest BCUT2D eigenvalue weighted by atomic mass is 9.60. The van der Waals surface area contributed by atoms with E-state index in [9.17, 15) is 9.18 Å². The number of benzene rings is 1. The number of unbranched alkanes of at least 4 members (excludes halogenated alkanes) is 3. The first-order chi connectivity index (χ1) is 18.1.